The zero-order valence-electron chi connectivity index (χ0n) is 16.5. The molecule has 7 heteroatoms. The standard InChI is InChI=1S/C22H25N3O4/c1-12-18(11-15-14-7-3-5-9-17(14)25-21(15)27)24-13(2)20(12)19(26)10-6-4-8-16(23)22(28)29/h3,5,7,9,11,16,24H,4,6,8,10,23H2,1-2H3,(H,25,27)(H,28,29)/b15-11-. The number of carboxylic acids is 1. The normalized spacial score (nSPS) is 15.3. The molecule has 0 aliphatic carbocycles. The smallest absolute Gasteiger partial charge is 0.320 e. The summed E-state index contributed by atoms with van der Waals surface area (Å²) in [6, 6.07) is 6.60. The van der Waals surface area contributed by atoms with Crippen LogP contribution in [-0.4, -0.2) is 33.8 Å². The van der Waals surface area contributed by atoms with E-state index in [1.807, 2.05) is 38.1 Å². The number of nitrogens with two attached hydrogens (primary N) is 1. The highest BCUT2D eigenvalue weighted by Crippen LogP contribution is 2.33. The van der Waals surface area contributed by atoms with Crippen LogP contribution in [0.3, 0.4) is 0 Å². The lowest BCUT2D eigenvalue weighted by Gasteiger charge is -2.06. The van der Waals surface area contributed by atoms with Crippen LogP contribution in [0.5, 0.6) is 0 Å². The van der Waals surface area contributed by atoms with E-state index in [0.717, 1.165) is 28.2 Å². The van der Waals surface area contributed by atoms with Crippen LogP contribution in [-0.2, 0) is 9.59 Å². The second-order valence-electron chi connectivity index (χ2n) is 7.34. The van der Waals surface area contributed by atoms with Gasteiger partial charge < -0.3 is 21.1 Å². The molecule has 3 rings (SSSR count). The summed E-state index contributed by atoms with van der Waals surface area (Å²) in [7, 11) is 0. The summed E-state index contributed by atoms with van der Waals surface area (Å²) in [5.41, 5.74) is 10.6. The Labute approximate surface area is 169 Å². The molecule has 152 valence electrons. The quantitative estimate of drug-likeness (QED) is 0.310. The first-order chi connectivity index (χ1) is 13.8. The molecule has 2 heterocycles. The Hall–Kier alpha value is -3.19. The number of carbonyl (C=O) groups is 3. The minimum Gasteiger partial charge on any atom is -0.480 e. The predicted molar refractivity (Wildman–Crippen MR) is 112 cm³/mol. The summed E-state index contributed by atoms with van der Waals surface area (Å²) in [5.74, 6) is -1.19. The number of H-pyrrole nitrogens is 1. The van der Waals surface area contributed by atoms with Gasteiger partial charge >= 0.3 is 5.97 Å². The zero-order chi connectivity index (χ0) is 21.1. The number of hydrogen-bond donors (Lipinski definition) is 4. The van der Waals surface area contributed by atoms with E-state index >= 15 is 0 Å². The number of nitrogens with one attached hydrogen (secondary N) is 2. The Morgan fingerprint density at radius 2 is 1.93 bits per heavy atom. The molecule has 1 unspecified atom stereocenters. The fourth-order valence-corrected chi connectivity index (χ4v) is 3.66. The fraction of sp³-hybridized carbons (Fsp3) is 0.318. The zero-order valence-corrected chi connectivity index (χ0v) is 16.5. The number of Topliss-reactive ketones (excluding diaryl/α,β-unsaturated/α-hetero) is 1. The van der Waals surface area contributed by atoms with E-state index in [4.69, 9.17) is 10.8 Å². The van der Waals surface area contributed by atoms with Crippen molar-refractivity contribution >= 4 is 35.0 Å². The number of benzene rings is 1. The maximum Gasteiger partial charge on any atom is 0.320 e. The van der Waals surface area contributed by atoms with Gasteiger partial charge in [-0.2, -0.15) is 0 Å². The number of aromatic amines is 1. The number of carboxylic acid groups (broad SMARTS) is 1. The first-order valence-corrected chi connectivity index (χ1v) is 9.62. The van der Waals surface area contributed by atoms with Gasteiger partial charge in [0.05, 0.1) is 5.57 Å². The second kappa shape index (κ2) is 8.45. The highest BCUT2D eigenvalue weighted by molar-refractivity contribution is 6.34. The van der Waals surface area contributed by atoms with Crippen LogP contribution in [0, 0.1) is 13.8 Å². The van der Waals surface area contributed by atoms with Crippen molar-refractivity contribution < 1.29 is 19.5 Å². The number of unbranched alkanes of at least 4 members (excludes halogenated alkanes) is 1. The van der Waals surface area contributed by atoms with E-state index in [1.165, 1.54) is 0 Å². The monoisotopic (exact) mass is 395 g/mol. The number of carbonyl (C=O) groups excluding carboxylic acids is 2. The first kappa shape index (κ1) is 20.5. The molecular weight excluding hydrogens is 370 g/mol. The molecule has 0 fully saturated rings. The fourth-order valence-electron chi connectivity index (χ4n) is 3.66. The highest BCUT2D eigenvalue weighted by Gasteiger charge is 2.25. The lowest BCUT2D eigenvalue weighted by atomic mass is 9.99. The average Bonchev–Trinajstić information content (AvgIpc) is 3.14. The van der Waals surface area contributed by atoms with Crippen LogP contribution in [0.4, 0.5) is 5.69 Å². The van der Waals surface area contributed by atoms with E-state index in [-0.39, 0.29) is 11.7 Å². The topological polar surface area (TPSA) is 125 Å². The van der Waals surface area contributed by atoms with Gasteiger partial charge in [0.15, 0.2) is 5.78 Å². The second-order valence-corrected chi connectivity index (χ2v) is 7.34. The number of anilines is 1. The number of aliphatic carboxylic acids is 1. The van der Waals surface area contributed by atoms with Crippen LogP contribution in [0.25, 0.3) is 11.6 Å². The molecule has 1 aliphatic heterocycles. The van der Waals surface area contributed by atoms with E-state index in [9.17, 15) is 14.4 Å². The average molecular weight is 395 g/mol. The number of aryl methyl sites for hydroxylation is 1. The minimum atomic E-state index is -1.02. The SMILES string of the molecule is Cc1[nH]c(/C=C2\C(=O)Nc3ccccc32)c(C)c1C(=O)CCCCC(N)C(=O)O. The number of rotatable bonds is 8. The molecule has 0 radical (unpaired) electrons. The van der Waals surface area contributed by atoms with E-state index in [0.29, 0.717) is 36.8 Å². The molecule has 7 nitrogen and oxygen atoms in total. The summed E-state index contributed by atoms with van der Waals surface area (Å²) >= 11 is 0. The van der Waals surface area contributed by atoms with E-state index < -0.39 is 12.0 Å². The van der Waals surface area contributed by atoms with E-state index in [1.54, 1.807) is 6.08 Å². The molecule has 5 N–H and O–H groups in total. The lowest BCUT2D eigenvalue weighted by Crippen LogP contribution is -2.29. The van der Waals surface area contributed by atoms with Gasteiger partial charge in [-0.15, -0.1) is 0 Å². The summed E-state index contributed by atoms with van der Waals surface area (Å²) in [6.45, 7) is 3.70. The number of para-hydroxylation sites is 1. The Morgan fingerprint density at radius 3 is 2.66 bits per heavy atom. The van der Waals surface area contributed by atoms with Gasteiger partial charge in [0.1, 0.15) is 6.04 Å². The van der Waals surface area contributed by atoms with Gasteiger partial charge in [0.2, 0.25) is 0 Å². The molecule has 1 aromatic heterocycles. The third-order valence-electron chi connectivity index (χ3n) is 5.24. The summed E-state index contributed by atoms with van der Waals surface area (Å²) in [5, 5.41) is 11.7. The summed E-state index contributed by atoms with van der Waals surface area (Å²) in [4.78, 5) is 39.0. The van der Waals surface area contributed by atoms with Crippen LogP contribution < -0.4 is 11.1 Å². The van der Waals surface area contributed by atoms with Gasteiger partial charge in [-0.05, 0) is 44.4 Å². The Morgan fingerprint density at radius 1 is 1.21 bits per heavy atom. The van der Waals surface area contributed by atoms with Gasteiger partial charge in [0, 0.05) is 34.6 Å². The summed E-state index contributed by atoms with van der Waals surface area (Å²) < 4.78 is 0. The number of ketones is 1. The minimum absolute atomic E-state index is 0.000991. The number of hydrogen-bond acceptors (Lipinski definition) is 4. The third kappa shape index (κ3) is 4.30. The first-order valence-electron chi connectivity index (χ1n) is 9.62. The number of amides is 1. The number of fused-ring (bicyclic) bond motifs is 1. The van der Waals surface area contributed by atoms with Crippen molar-refractivity contribution in [3.8, 4) is 0 Å². The molecule has 0 saturated carbocycles. The predicted octanol–water partition coefficient (Wildman–Crippen LogP) is 3.28. The molecule has 29 heavy (non-hydrogen) atoms. The molecule has 0 spiro atoms. The van der Waals surface area contributed by atoms with Crippen molar-refractivity contribution in [3.63, 3.8) is 0 Å². The van der Waals surface area contributed by atoms with Gasteiger partial charge in [-0.1, -0.05) is 24.6 Å². The third-order valence-corrected chi connectivity index (χ3v) is 5.24. The molecular formula is C22H25N3O4. The maximum atomic E-state index is 12.7. The van der Waals surface area contributed by atoms with Gasteiger partial charge in [-0.3, -0.25) is 14.4 Å². The Bertz CT molecular complexity index is 1000. The Balaban J connectivity index is 1.75. The maximum absolute atomic E-state index is 12.7. The van der Waals surface area contributed by atoms with Crippen molar-refractivity contribution in [2.75, 3.05) is 5.32 Å². The molecule has 0 saturated heterocycles. The lowest BCUT2D eigenvalue weighted by molar-refractivity contribution is -0.138. The van der Waals surface area contributed by atoms with Crippen LogP contribution in [0.1, 0.15) is 58.6 Å². The van der Waals surface area contributed by atoms with Crippen molar-refractivity contribution in [3.05, 3.63) is 52.3 Å². The van der Waals surface area contributed by atoms with Crippen molar-refractivity contribution in [1.29, 1.82) is 0 Å². The van der Waals surface area contributed by atoms with E-state index in [2.05, 4.69) is 10.3 Å². The largest absolute Gasteiger partial charge is 0.480 e. The highest BCUT2D eigenvalue weighted by atomic mass is 16.4. The molecule has 0 bridgehead atoms. The molecule has 1 amide bonds. The van der Waals surface area contributed by atoms with Crippen LogP contribution in [0.15, 0.2) is 24.3 Å². The molecule has 1 atom stereocenters. The van der Waals surface area contributed by atoms with Crippen molar-refractivity contribution in [2.24, 2.45) is 5.73 Å². The summed E-state index contributed by atoms with van der Waals surface area (Å²) in [6.07, 6.45) is 3.61. The molecule has 2 aromatic rings. The van der Waals surface area contributed by atoms with Gasteiger partial charge in [0.25, 0.3) is 5.91 Å². The number of aromatic nitrogens is 1. The van der Waals surface area contributed by atoms with Crippen molar-refractivity contribution in [2.45, 2.75) is 45.6 Å². The molecule has 1 aliphatic rings. The van der Waals surface area contributed by atoms with Gasteiger partial charge in [-0.25, -0.2) is 0 Å². The van der Waals surface area contributed by atoms with Crippen LogP contribution in [0.2, 0.25) is 0 Å². The van der Waals surface area contributed by atoms with Crippen LogP contribution >= 0.6 is 0 Å². The van der Waals surface area contributed by atoms with Crippen molar-refractivity contribution in [1.82, 2.24) is 4.98 Å². The Kier molecular flexibility index (Phi) is 5.98. The molecule has 1 aromatic carbocycles.